The first-order valence-electron chi connectivity index (χ1n) is 5.11. The maximum Gasteiger partial charge on any atom is 0.324 e. The summed E-state index contributed by atoms with van der Waals surface area (Å²) in [5.41, 5.74) is 5.53. The standard InChI is InChI=1S/C9H18N4O/c1-2-3-4-5-12-9(14)13-7-6-11-8(13)10/h2-7H2,1H3,(H2,10,11)(H,12,14). The van der Waals surface area contributed by atoms with Gasteiger partial charge in [0.15, 0.2) is 5.96 Å². The topological polar surface area (TPSA) is 70.7 Å². The van der Waals surface area contributed by atoms with Crippen LogP contribution in [0.3, 0.4) is 0 Å². The number of nitrogens with zero attached hydrogens (tertiary/aromatic N) is 2. The van der Waals surface area contributed by atoms with E-state index in [1.54, 1.807) is 0 Å². The van der Waals surface area contributed by atoms with E-state index in [1.807, 2.05) is 0 Å². The molecule has 5 nitrogen and oxygen atoms in total. The average Bonchev–Trinajstić information content (AvgIpc) is 2.59. The predicted molar refractivity (Wildman–Crippen MR) is 56.1 cm³/mol. The number of carbonyl (C=O) groups is 1. The number of nitrogens with one attached hydrogen (secondary N) is 1. The molecule has 0 aliphatic carbocycles. The summed E-state index contributed by atoms with van der Waals surface area (Å²) in [6.07, 6.45) is 3.32. The van der Waals surface area contributed by atoms with Crippen LogP contribution in [0.4, 0.5) is 4.79 Å². The Morgan fingerprint density at radius 3 is 3.00 bits per heavy atom. The lowest BCUT2D eigenvalue weighted by Gasteiger charge is -2.15. The molecular weight excluding hydrogens is 180 g/mol. The zero-order valence-corrected chi connectivity index (χ0v) is 8.62. The van der Waals surface area contributed by atoms with Crippen LogP contribution in [0.25, 0.3) is 0 Å². The number of unbranched alkanes of at least 4 members (excludes halogenated alkanes) is 2. The van der Waals surface area contributed by atoms with Gasteiger partial charge in [0.1, 0.15) is 0 Å². The van der Waals surface area contributed by atoms with Crippen LogP contribution in [0.2, 0.25) is 0 Å². The zero-order chi connectivity index (χ0) is 10.4. The third kappa shape index (κ3) is 2.90. The molecule has 0 aromatic carbocycles. The Morgan fingerprint density at radius 1 is 1.64 bits per heavy atom. The van der Waals surface area contributed by atoms with Crippen LogP contribution in [-0.4, -0.2) is 36.5 Å². The van der Waals surface area contributed by atoms with E-state index in [9.17, 15) is 4.79 Å². The number of rotatable bonds is 4. The molecule has 0 aromatic rings. The van der Waals surface area contributed by atoms with E-state index in [4.69, 9.17) is 5.73 Å². The summed E-state index contributed by atoms with van der Waals surface area (Å²) in [5, 5.41) is 2.82. The van der Waals surface area contributed by atoms with Crippen LogP contribution in [0.5, 0.6) is 0 Å². The molecule has 0 fully saturated rings. The fourth-order valence-corrected chi connectivity index (χ4v) is 1.34. The number of amides is 2. The first kappa shape index (κ1) is 10.8. The van der Waals surface area contributed by atoms with Gasteiger partial charge in [0.2, 0.25) is 0 Å². The number of nitrogens with two attached hydrogens (primary N) is 1. The van der Waals surface area contributed by atoms with E-state index < -0.39 is 0 Å². The molecule has 1 aliphatic heterocycles. The minimum atomic E-state index is -0.125. The molecule has 0 saturated heterocycles. The van der Waals surface area contributed by atoms with Crippen molar-refractivity contribution in [3.63, 3.8) is 0 Å². The summed E-state index contributed by atoms with van der Waals surface area (Å²) in [6.45, 7) is 4.07. The van der Waals surface area contributed by atoms with E-state index in [0.29, 0.717) is 19.0 Å². The Hall–Kier alpha value is -1.26. The SMILES string of the molecule is CCCCCNC(=O)N1CCN=C1N. The zero-order valence-electron chi connectivity index (χ0n) is 8.62. The summed E-state index contributed by atoms with van der Waals surface area (Å²) in [5.74, 6) is 0.331. The van der Waals surface area contributed by atoms with E-state index in [2.05, 4.69) is 17.2 Å². The van der Waals surface area contributed by atoms with Crippen LogP contribution in [0.15, 0.2) is 4.99 Å². The lowest BCUT2D eigenvalue weighted by atomic mass is 10.2. The first-order valence-corrected chi connectivity index (χ1v) is 5.11. The van der Waals surface area contributed by atoms with E-state index >= 15 is 0 Å². The minimum absolute atomic E-state index is 0.125. The molecule has 0 unspecified atom stereocenters. The van der Waals surface area contributed by atoms with Gasteiger partial charge in [-0.3, -0.25) is 9.89 Å². The smallest absolute Gasteiger partial charge is 0.324 e. The first-order chi connectivity index (χ1) is 6.75. The van der Waals surface area contributed by atoms with Crippen molar-refractivity contribution in [2.45, 2.75) is 26.2 Å². The molecule has 5 heteroatoms. The molecule has 0 aromatic heterocycles. The van der Waals surface area contributed by atoms with Gasteiger partial charge in [0, 0.05) is 6.54 Å². The quantitative estimate of drug-likeness (QED) is 0.646. The second-order valence-corrected chi connectivity index (χ2v) is 3.33. The summed E-state index contributed by atoms with van der Waals surface area (Å²) >= 11 is 0. The maximum absolute atomic E-state index is 11.5. The lowest BCUT2D eigenvalue weighted by Crippen LogP contribution is -2.45. The molecule has 14 heavy (non-hydrogen) atoms. The van der Waals surface area contributed by atoms with Crippen molar-refractivity contribution in [2.75, 3.05) is 19.6 Å². The summed E-state index contributed by atoms with van der Waals surface area (Å²) in [4.78, 5) is 16.9. The van der Waals surface area contributed by atoms with Crippen molar-refractivity contribution < 1.29 is 4.79 Å². The highest BCUT2D eigenvalue weighted by molar-refractivity contribution is 5.96. The van der Waals surface area contributed by atoms with Crippen molar-refractivity contribution in [2.24, 2.45) is 10.7 Å². The van der Waals surface area contributed by atoms with Crippen molar-refractivity contribution in [3.8, 4) is 0 Å². The van der Waals surface area contributed by atoms with Crippen molar-refractivity contribution >= 4 is 12.0 Å². The molecule has 1 aliphatic rings. The van der Waals surface area contributed by atoms with E-state index in [0.717, 1.165) is 25.8 Å². The Morgan fingerprint density at radius 2 is 2.43 bits per heavy atom. The monoisotopic (exact) mass is 198 g/mol. The van der Waals surface area contributed by atoms with E-state index in [-0.39, 0.29) is 6.03 Å². The second-order valence-electron chi connectivity index (χ2n) is 3.33. The van der Waals surface area contributed by atoms with Crippen molar-refractivity contribution in [1.82, 2.24) is 10.2 Å². The van der Waals surface area contributed by atoms with Gasteiger partial charge >= 0.3 is 6.03 Å². The number of hydrogen-bond donors (Lipinski definition) is 2. The Balaban J connectivity index is 2.18. The summed E-state index contributed by atoms with van der Waals surface area (Å²) < 4.78 is 0. The van der Waals surface area contributed by atoms with Gasteiger partial charge in [0.25, 0.3) is 0 Å². The van der Waals surface area contributed by atoms with Crippen LogP contribution in [-0.2, 0) is 0 Å². The highest BCUT2D eigenvalue weighted by Crippen LogP contribution is 1.98. The molecule has 0 saturated carbocycles. The van der Waals surface area contributed by atoms with Crippen LogP contribution in [0, 0.1) is 0 Å². The molecule has 0 spiro atoms. The molecule has 2 amide bonds. The fraction of sp³-hybridized carbons (Fsp3) is 0.778. The molecule has 0 bridgehead atoms. The largest absolute Gasteiger partial charge is 0.369 e. The average molecular weight is 198 g/mol. The van der Waals surface area contributed by atoms with E-state index in [1.165, 1.54) is 4.90 Å². The number of aliphatic imine (C=N–C) groups is 1. The molecule has 80 valence electrons. The Labute approximate surface area is 84.4 Å². The van der Waals surface area contributed by atoms with Gasteiger partial charge in [-0.25, -0.2) is 4.79 Å². The van der Waals surface area contributed by atoms with Gasteiger partial charge < -0.3 is 11.1 Å². The summed E-state index contributed by atoms with van der Waals surface area (Å²) in [7, 11) is 0. The molecular formula is C9H18N4O. The molecule has 1 heterocycles. The van der Waals surface area contributed by atoms with Crippen LogP contribution < -0.4 is 11.1 Å². The van der Waals surface area contributed by atoms with Gasteiger partial charge in [-0.05, 0) is 6.42 Å². The number of urea groups is 1. The molecule has 3 N–H and O–H groups in total. The van der Waals surface area contributed by atoms with Crippen molar-refractivity contribution in [3.05, 3.63) is 0 Å². The Bertz CT molecular complexity index is 227. The maximum atomic E-state index is 11.5. The molecule has 0 atom stereocenters. The lowest BCUT2D eigenvalue weighted by molar-refractivity contribution is 0.223. The third-order valence-corrected chi connectivity index (χ3v) is 2.18. The van der Waals surface area contributed by atoms with Gasteiger partial charge in [-0.15, -0.1) is 0 Å². The van der Waals surface area contributed by atoms with Gasteiger partial charge in [-0.1, -0.05) is 19.8 Å². The van der Waals surface area contributed by atoms with Crippen LogP contribution >= 0.6 is 0 Å². The second kappa shape index (κ2) is 5.47. The normalized spacial score (nSPS) is 15.5. The number of guanidine groups is 1. The predicted octanol–water partition coefficient (Wildman–Crippen LogP) is 0.517. The van der Waals surface area contributed by atoms with Gasteiger partial charge in [-0.2, -0.15) is 0 Å². The fourth-order valence-electron chi connectivity index (χ4n) is 1.34. The highest BCUT2D eigenvalue weighted by Gasteiger charge is 2.20. The van der Waals surface area contributed by atoms with Crippen LogP contribution in [0.1, 0.15) is 26.2 Å². The number of carbonyl (C=O) groups excluding carboxylic acids is 1. The highest BCUT2D eigenvalue weighted by atomic mass is 16.2. The Kier molecular flexibility index (Phi) is 4.22. The van der Waals surface area contributed by atoms with Crippen molar-refractivity contribution in [1.29, 1.82) is 0 Å². The third-order valence-electron chi connectivity index (χ3n) is 2.18. The summed E-state index contributed by atoms with van der Waals surface area (Å²) in [6, 6.07) is -0.125. The molecule has 1 rings (SSSR count). The minimum Gasteiger partial charge on any atom is -0.369 e. The molecule has 0 radical (unpaired) electrons. The van der Waals surface area contributed by atoms with Gasteiger partial charge in [0.05, 0.1) is 13.1 Å². The number of hydrogen-bond acceptors (Lipinski definition) is 3.